The van der Waals surface area contributed by atoms with Gasteiger partial charge in [-0.05, 0) is 24.3 Å². The second kappa shape index (κ2) is 8.44. The summed E-state index contributed by atoms with van der Waals surface area (Å²) < 4.78 is 0.444. The first-order valence-electron chi connectivity index (χ1n) is 8.28. The van der Waals surface area contributed by atoms with Gasteiger partial charge >= 0.3 is 0 Å². The summed E-state index contributed by atoms with van der Waals surface area (Å²) in [6.45, 7) is 2.64. The summed E-state index contributed by atoms with van der Waals surface area (Å²) in [4.78, 5) is 31.4. The molecule has 1 saturated heterocycles. The molecule has 0 atom stereocenters. The maximum atomic E-state index is 12.6. The van der Waals surface area contributed by atoms with Crippen molar-refractivity contribution >= 4 is 41.3 Å². The highest BCUT2D eigenvalue weighted by molar-refractivity contribution is 7.71. The number of nitrogens with zero attached hydrogens (tertiary/aromatic N) is 2. The van der Waals surface area contributed by atoms with Crippen LogP contribution in [0.15, 0.2) is 42.6 Å². The van der Waals surface area contributed by atoms with E-state index in [1.165, 1.54) is 0 Å². The Morgan fingerprint density at radius 3 is 2.54 bits per heavy atom. The molecule has 136 valence electrons. The summed E-state index contributed by atoms with van der Waals surface area (Å²) in [6, 6.07) is 10.6. The highest BCUT2D eigenvalue weighted by Crippen LogP contribution is 2.20. The third kappa shape index (κ3) is 4.49. The van der Waals surface area contributed by atoms with E-state index in [2.05, 4.69) is 10.3 Å². The molecule has 3 rings (SSSR count). The minimum absolute atomic E-state index is 0.0768. The zero-order valence-electron chi connectivity index (χ0n) is 14.1. The number of hydrogen-bond acceptors (Lipinski definition) is 4. The fourth-order valence-electron chi connectivity index (χ4n) is 2.82. The molecule has 2 amide bonds. The molecule has 1 aromatic heterocycles. The van der Waals surface area contributed by atoms with Gasteiger partial charge in [-0.15, -0.1) is 0 Å². The predicted octanol–water partition coefficient (Wildman–Crippen LogP) is 2.79. The molecule has 2 N–H and O–H groups in total. The number of hydrogen-bond donors (Lipinski definition) is 2. The molecule has 1 aliphatic heterocycles. The minimum Gasteiger partial charge on any atom is -0.352 e. The van der Waals surface area contributed by atoms with E-state index in [-0.39, 0.29) is 18.4 Å². The minimum atomic E-state index is -0.122. The number of carbonyl (C=O) groups is 2. The van der Waals surface area contributed by atoms with E-state index in [1.54, 1.807) is 35.4 Å². The van der Waals surface area contributed by atoms with Crippen LogP contribution in [0.3, 0.4) is 0 Å². The van der Waals surface area contributed by atoms with E-state index in [0.717, 1.165) is 0 Å². The molecule has 2 heterocycles. The van der Waals surface area contributed by atoms with Gasteiger partial charge in [0.15, 0.2) is 0 Å². The summed E-state index contributed by atoms with van der Waals surface area (Å²) in [5.74, 6) is -0.199. The lowest BCUT2D eigenvalue weighted by Crippen LogP contribution is -2.50. The third-order valence-corrected chi connectivity index (χ3v) is 4.89. The Morgan fingerprint density at radius 2 is 1.85 bits per heavy atom. The van der Waals surface area contributed by atoms with Gasteiger partial charge in [0.25, 0.3) is 5.91 Å². The molecule has 1 aliphatic rings. The molecule has 0 spiro atoms. The van der Waals surface area contributed by atoms with Crippen molar-refractivity contribution in [2.45, 2.75) is 0 Å². The van der Waals surface area contributed by atoms with Crippen molar-refractivity contribution in [1.82, 2.24) is 14.8 Å². The van der Waals surface area contributed by atoms with E-state index in [9.17, 15) is 9.59 Å². The molecular weight excluding hydrogens is 372 g/mol. The normalized spacial score (nSPS) is 14.9. The molecule has 1 aromatic carbocycles. The molecular formula is C18H19ClN4O2S. The number of H-pyrrole nitrogens is 1. The molecule has 8 heteroatoms. The zero-order chi connectivity index (χ0) is 18.5. The molecule has 1 fully saturated rings. The summed E-state index contributed by atoms with van der Waals surface area (Å²) in [6.07, 6.45) is 1.70. The average Bonchev–Trinajstić information content (AvgIpc) is 2.64. The lowest BCUT2D eigenvalue weighted by molar-refractivity contribution is -0.117. The lowest BCUT2D eigenvalue weighted by Gasteiger charge is -2.34. The number of benzene rings is 1. The Hall–Kier alpha value is -2.22. The zero-order valence-corrected chi connectivity index (χ0v) is 15.6. The Morgan fingerprint density at radius 1 is 1.12 bits per heavy atom. The van der Waals surface area contributed by atoms with Gasteiger partial charge in [-0.25, -0.2) is 0 Å². The molecule has 0 bridgehead atoms. The van der Waals surface area contributed by atoms with E-state index >= 15 is 0 Å². The van der Waals surface area contributed by atoms with Crippen LogP contribution in [0, 0.1) is 4.64 Å². The Labute approximate surface area is 161 Å². The first-order valence-corrected chi connectivity index (χ1v) is 9.07. The SMILES string of the molecule is O=C(CN1CCN(C(=O)c2ccc[nH]c2=S)CC1)Nc1ccccc1Cl. The van der Waals surface area contributed by atoms with Crippen LogP contribution in [0.4, 0.5) is 5.69 Å². The van der Waals surface area contributed by atoms with Gasteiger partial charge in [-0.1, -0.05) is 36.0 Å². The average molecular weight is 391 g/mol. The number of pyridine rings is 1. The van der Waals surface area contributed by atoms with E-state index in [0.29, 0.717) is 47.1 Å². The lowest BCUT2D eigenvalue weighted by atomic mass is 10.2. The molecule has 0 saturated carbocycles. The van der Waals surface area contributed by atoms with E-state index in [1.807, 2.05) is 17.0 Å². The monoisotopic (exact) mass is 390 g/mol. The van der Waals surface area contributed by atoms with Crippen molar-refractivity contribution in [2.75, 3.05) is 38.0 Å². The maximum absolute atomic E-state index is 12.6. The summed E-state index contributed by atoms with van der Waals surface area (Å²) in [5, 5.41) is 3.32. The van der Waals surface area contributed by atoms with Crippen LogP contribution in [-0.4, -0.2) is 59.3 Å². The Kier molecular flexibility index (Phi) is 6.03. The molecule has 0 radical (unpaired) electrons. The molecule has 0 unspecified atom stereocenters. The summed E-state index contributed by atoms with van der Waals surface area (Å²) in [7, 11) is 0. The number of amides is 2. The number of piperazine rings is 1. The van der Waals surface area contributed by atoms with Crippen LogP contribution in [0.2, 0.25) is 5.02 Å². The summed E-state index contributed by atoms with van der Waals surface area (Å²) in [5.41, 5.74) is 1.11. The van der Waals surface area contributed by atoms with Crippen LogP contribution in [0.1, 0.15) is 10.4 Å². The second-order valence-electron chi connectivity index (χ2n) is 6.01. The Balaban J connectivity index is 1.52. The van der Waals surface area contributed by atoms with Crippen LogP contribution in [-0.2, 0) is 4.79 Å². The van der Waals surface area contributed by atoms with Crippen LogP contribution in [0.25, 0.3) is 0 Å². The maximum Gasteiger partial charge on any atom is 0.256 e. The number of aromatic amines is 1. The van der Waals surface area contributed by atoms with Gasteiger partial charge in [0.2, 0.25) is 5.91 Å². The number of rotatable bonds is 4. The number of carbonyl (C=O) groups excluding carboxylic acids is 2. The predicted molar refractivity (Wildman–Crippen MR) is 104 cm³/mol. The second-order valence-corrected chi connectivity index (χ2v) is 6.82. The fraction of sp³-hybridized carbons (Fsp3) is 0.278. The van der Waals surface area contributed by atoms with Gasteiger partial charge in [0, 0.05) is 32.4 Å². The van der Waals surface area contributed by atoms with Crippen molar-refractivity contribution in [1.29, 1.82) is 0 Å². The highest BCUT2D eigenvalue weighted by atomic mass is 35.5. The number of para-hydroxylation sites is 1. The fourth-order valence-corrected chi connectivity index (χ4v) is 3.23. The van der Waals surface area contributed by atoms with Crippen LogP contribution >= 0.6 is 23.8 Å². The molecule has 6 nitrogen and oxygen atoms in total. The smallest absolute Gasteiger partial charge is 0.256 e. The van der Waals surface area contributed by atoms with Crippen molar-refractivity contribution < 1.29 is 9.59 Å². The van der Waals surface area contributed by atoms with Crippen molar-refractivity contribution in [3.05, 3.63) is 57.8 Å². The Bertz CT molecular complexity index is 862. The van der Waals surface area contributed by atoms with Crippen LogP contribution in [0.5, 0.6) is 0 Å². The van der Waals surface area contributed by atoms with Crippen LogP contribution < -0.4 is 5.32 Å². The topological polar surface area (TPSA) is 68.4 Å². The van der Waals surface area contributed by atoms with E-state index in [4.69, 9.17) is 23.8 Å². The van der Waals surface area contributed by atoms with Gasteiger partial charge in [0.05, 0.1) is 22.8 Å². The number of anilines is 1. The van der Waals surface area contributed by atoms with Gasteiger partial charge < -0.3 is 15.2 Å². The van der Waals surface area contributed by atoms with Crippen molar-refractivity contribution in [3.63, 3.8) is 0 Å². The molecule has 2 aromatic rings. The van der Waals surface area contributed by atoms with Gasteiger partial charge in [-0.3, -0.25) is 14.5 Å². The quantitative estimate of drug-likeness (QED) is 0.788. The van der Waals surface area contributed by atoms with Gasteiger partial charge in [-0.2, -0.15) is 0 Å². The van der Waals surface area contributed by atoms with Crippen molar-refractivity contribution in [3.8, 4) is 0 Å². The number of aromatic nitrogens is 1. The largest absolute Gasteiger partial charge is 0.352 e. The number of nitrogens with one attached hydrogen (secondary N) is 2. The summed E-state index contributed by atoms with van der Waals surface area (Å²) >= 11 is 11.2. The van der Waals surface area contributed by atoms with E-state index < -0.39 is 0 Å². The molecule has 0 aliphatic carbocycles. The number of halogens is 1. The van der Waals surface area contributed by atoms with Gasteiger partial charge in [0.1, 0.15) is 4.64 Å². The first-order chi connectivity index (χ1) is 12.5. The standard InChI is InChI=1S/C18H19ClN4O2S/c19-14-5-1-2-6-15(14)21-16(24)12-22-8-10-23(11-9-22)18(25)13-4-3-7-20-17(13)26/h1-7H,8-12H2,(H,20,26)(H,21,24). The first kappa shape index (κ1) is 18.6. The van der Waals surface area contributed by atoms with Crippen molar-refractivity contribution in [2.24, 2.45) is 0 Å². The molecule has 26 heavy (non-hydrogen) atoms. The highest BCUT2D eigenvalue weighted by Gasteiger charge is 2.24. The third-order valence-electron chi connectivity index (χ3n) is 4.22.